The molecule has 8 aromatic rings. The molecule has 14 rings (SSSR count). The molecule has 1 spiro atoms. The van der Waals surface area contributed by atoms with E-state index >= 15 is 0 Å². The molecule has 0 radical (unpaired) electrons. The third-order valence-corrected chi connectivity index (χ3v) is 16.6. The highest BCUT2D eigenvalue weighted by Gasteiger charge is 2.62. The maximum Gasteiger partial charge on any atom is 0.0543 e. The summed E-state index contributed by atoms with van der Waals surface area (Å²) in [4.78, 5) is 2.63. The summed E-state index contributed by atoms with van der Waals surface area (Å²) in [6, 6.07) is 58.6. The molecule has 0 saturated heterocycles. The molecule has 1 aromatic heterocycles. The van der Waals surface area contributed by atoms with E-state index in [1.807, 2.05) is 11.3 Å². The molecule has 2 heteroatoms. The van der Waals surface area contributed by atoms with Crippen molar-refractivity contribution in [3.8, 4) is 33.4 Å². The Labute approximate surface area is 339 Å². The van der Waals surface area contributed by atoms with Gasteiger partial charge in [-0.3, -0.25) is 0 Å². The number of benzene rings is 7. The Morgan fingerprint density at radius 1 is 0.474 bits per heavy atom. The van der Waals surface area contributed by atoms with Gasteiger partial charge in [0.15, 0.2) is 0 Å². The lowest BCUT2D eigenvalue weighted by Gasteiger charge is -2.61. The Kier molecular flexibility index (Phi) is 6.63. The third-order valence-electron chi connectivity index (χ3n) is 15.4. The number of anilines is 3. The minimum atomic E-state index is -0.0939. The normalized spacial score (nSPS) is 24.2. The van der Waals surface area contributed by atoms with Crippen molar-refractivity contribution in [1.29, 1.82) is 0 Å². The van der Waals surface area contributed by atoms with Gasteiger partial charge in [0, 0.05) is 47.9 Å². The Morgan fingerprint density at radius 3 is 2.00 bits per heavy atom. The lowest BCUT2D eigenvalue weighted by Crippen LogP contribution is -2.55. The van der Waals surface area contributed by atoms with E-state index in [1.165, 1.54) is 114 Å². The second-order valence-corrected chi connectivity index (χ2v) is 19.6. The number of hydrogen-bond acceptors (Lipinski definition) is 2. The van der Waals surface area contributed by atoms with E-state index in [1.54, 1.807) is 11.1 Å². The van der Waals surface area contributed by atoms with Crippen LogP contribution < -0.4 is 4.90 Å². The van der Waals surface area contributed by atoms with Crippen molar-refractivity contribution in [2.45, 2.75) is 56.8 Å². The lowest BCUT2D eigenvalue weighted by molar-refractivity contribution is -0.0399. The molecular weight excluding hydrogens is 707 g/mol. The van der Waals surface area contributed by atoms with Crippen LogP contribution in [-0.4, -0.2) is 0 Å². The quantitative estimate of drug-likeness (QED) is 0.173. The molecule has 6 aliphatic carbocycles. The van der Waals surface area contributed by atoms with Crippen molar-refractivity contribution in [1.82, 2.24) is 0 Å². The molecule has 276 valence electrons. The molecule has 0 unspecified atom stereocenters. The van der Waals surface area contributed by atoms with Crippen molar-refractivity contribution in [2.75, 3.05) is 4.90 Å². The number of nitrogens with zero attached hydrogens (tertiary/aromatic N) is 1. The summed E-state index contributed by atoms with van der Waals surface area (Å²) in [5.41, 5.74) is 18.0. The maximum absolute atomic E-state index is 2.63. The van der Waals surface area contributed by atoms with Crippen molar-refractivity contribution < 1.29 is 0 Å². The van der Waals surface area contributed by atoms with Gasteiger partial charge in [-0.1, -0.05) is 123 Å². The van der Waals surface area contributed by atoms with Crippen LogP contribution in [0.25, 0.3) is 53.6 Å². The minimum absolute atomic E-state index is 0.0754. The van der Waals surface area contributed by atoms with Crippen LogP contribution in [-0.2, 0) is 10.8 Å². The van der Waals surface area contributed by atoms with Gasteiger partial charge < -0.3 is 4.90 Å². The Hall–Kier alpha value is -5.44. The standard InChI is InChI=1S/C55H45NS/c1-54(2)46-15-8-6-13-41(46)42-22-20-39(31-49(42)54)56(40-21-23-44-43-14-7-9-18-51(43)57-52(44)32-40)50-17-10-16-48-53(50)45-30-36(35-11-4-3-5-12-35)19-24-47(45)55(48)37-26-33-25-34(28-37)29-38(55)27-33/h3-24,30-34,37-38H,25-29H2,1-2H3. The number of hydrogen-bond donors (Lipinski definition) is 0. The Bertz CT molecular complexity index is 2940. The van der Waals surface area contributed by atoms with Crippen LogP contribution in [0, 0.1) is 23.7 Å². The van der Waals surface area contributed by atoms with E-state index < -0.39 is 0 Å². The fraction of sp³-hybridized carbons (Fsp3) is 0.236. The predicted octanol–water partition coefficient (Wildman–Crippen LogP) is 15.2. The van der Waals surface area contributed by atoms with Crippen LogP contribution in [0.1, 0.15) is 68.2 Å². The highest BCUT2D eigenvalue weighted by molar-refractivity contribution is 7.25. The van der Waals surface area contributed by atoms with Gasteiger partial charge in [0.25, 0.3) is 0 Å². The summed E-state index contributed by atoms with van der Waals surface area (Å²) in [7, 11) is 0. The second-order valence-electron chi connectivity index (χ2n) is 18.5. The average molecular weight is 752 g/mol. The molecule has 6 aliphatic rings. The van der Waals surface area contributed by atoms with E-state index in [0.29, 0.717) is 11.8 Å². The molecule has 57 heavy (non-hydrogen) atoms. The van der Waals surface area contributed by atoms with Gasteiger partial charge >= 0.3 is 0 Å². The summed E-state index contributed by atoms with van der Waals surface area (Å²) in [6.45, 7) is 4.82. The van der Waals surface area contributed by atoms with Gasteiger partial charge in [0.05, 0.1) is 5.69 Å². The molecule has 0 N–H and O–H groups in total. The van der Waals surface area contributed by atoms with Crippen LogP contribution in [0.15, 0.2) is 152 Å². The van der Waals surface area contributed by atoms with E-state index in [-0.39, 0.29) is 10.8 Å². The molecule has 1 nitrogen and oxygen atoms in total. The van der Waals surface area contributed by atoms with E-state index in [9.17, 15) is 0 Å². The Morgan fingerprint density at radius 2 is 1.16 bits per heavy atom. The monoisotopic (exact) mass is 751 g/mol. The molecule has 4 fully saturated rings. The van der Waals surface area contributed by atoms with Crippen LogP contribution in [0.2, 0.25) is 0 Å². The molecule has 0 aliphatic heterocycles. The summed E-state index contributed by atoms with van der Waals surface area (Å²) < 4.78 is 2.68. The van der Waals surface area contributed by atoms with Crippen molar-refractivity contribution >= 4 is 48.6 Å². The molecule has 0 atom stereocenters. The van der Waals surface area contributed by atoms with Gasteiger partial charge in [0.1, 0.15) is 0 Å². The highest BCUT2D eigenvalue weighted by Crippen LogP contribution is 2.70. The number of thiophene rings is 1. The van der Waals surface area contributed by atoms with Gasteiger partial charge in [0.2, 0.25) is 0 Å². The molecule has 7 aromatic carbocycles. The second kappa shape index (κ2) is 11.6. The summed E-state index contributed by atoms with van der Waals surface area (Å²) in [6.07, 6.45) is 6.97. The number of rotatable bonds is 4. The van der Waals surface area contributed by atoms with Crippen molar-refractivity contribution in [2.24, 2.45) is 23.7 Å². The minimum Gasteiger partial charge on any atom is -0.310 e. The van der Waals surface area contributed by atoms with E-state index in [0.717, 1.165) is 11.8 Å². The largest absolute Gasteiger partial charge is 0.310 e. The maximum atomic E-state index is 2.63. The Balaban J connectivity index is 1.09. The topological polar surface area (TPSA) is 3.24 Å². The fourth-order valence-corrected chi connectivity index (χ4v) is 14.5. The smallest absolute Gasteiger partial charge is 0.0543 e. The van der Waals surface area contributed by atoms with Crippen LogP contribution in [0.3, 0.4) is 0 Å². The zero-order valence-corrected chi connectivity index (χ0v) is 33.5. The molecular formula is C55H45NS. The zero-order valence-electron chi connectivity index (χ0n) is 32.6. The summed E-state index contributed by atoms with van der Waals surface area (Å²) >= 11 is 1.92. The first kappa shape index (κ1) is 32.6. The van der Waals surface area contributed by atoms with Gasteiger partial charge in [-0.15, -0.1) is 11.3 Å². The predicted molar refractivity (Wildman–Crippen MR) is 240 cm³/mol. The van der Waals surface area contributed by atoms with Crippen LogP contribution >= 0.6 is 11.3 Å². The molecule has 4 saturated carbocycles. The molecule has 1 heterocycles. The first-order valence-electron chi connectivity index (χ1n) is 21.3. The van der Waals surface area contributed by atoms with Gasteiger partial charge in [-0.05, 0) is 148 Å². The van der Waals surface area contributed by atoms with Crippen LogP contribution in [0.5, 0.6) is 0 Å². The SMILES string of the molecule is CC1(C)c2ccccc2-c2ccc(N(c3ccc4c(c3)sc3ccccc34)c3cccc4c3-c3cc(-c5ccccc5)ccc3C43C4CC5CC(C4)CC3C5)cc21. The molecule has 0 amide bonds. The van der Waals surface area contributed by atoms with Crippen molar-refractivity contribution in [3.05, 3.63) is 174 Å². The fourth-order valence-electron chi connectivity index (χ4n) is 13.3. The first-order valence-corrected chi connectivity index (χ1v) is 22.1. The third kappa shape index (κ3) is 4.35. The summed E-state index contributed by atoms with van der Waals surface area (Å²) in [5, 5.41) is 2.69. The highest BCUT2D eigenvalue weighted by atomic mass is 32.1. The van der Waals surface area contributed by atoms with Crippen molar-refractivity contribution in [3.63, 3.8) is 0 Å². The van der Waals surface area contributed by atoms with Gasteiger partial charge in [-0.25, -0.2) is 0 Å². The molecule has 4 bridgehead atoms. The van der Waals surface area contributed by atoms with Gasteiger partial charge in [-0.2, -0.15) is 0 Å². The van der Waals surface area contributed by atoms with Crippen LogP contribution in [0.4, 0.5) is 17.1 Å². The zero-order chi connectivity index (χ0) is 37.6. The first-order chi connectivity index (χ1) is 28.0. The lowest BCUT2D eigenvalue weighted by atomic mass is 9.43. The van der Waals surface area contributed by atoms with E-state index in [2.05, 4.69) is 170 Å². The van der Waals surface area contributed by atoms with E-state index in [4.69, 9.17) is 0 Å². The summed E-state index contributed by atoms with van der Waals surface area (Å²) in [5.74, 6) is 3.21. The average Bonchev–Trinajstić information content (AvgIpc) is 3.84. The number of fused-ring (bicyclic) bond motifs is 9.